The van der Waals surface area contributed by atoms with Crippen LogP contribution in [0, 0.1) is 0 Å². The van der Waals surface area contributed by atoms with Gasteiger partial charge in [0.2, 0.25) is 0 Å². The molecule has 0 atom stereocenters. The highest BCUT2D eigenvalue weighted by Crippen LogP contribution is 2.46. The molecular weight excluding hydrogens is 1650 g/mol. The van der Waals surface area contributed by atoms with E-state index >= 15 is 0 Å². The fraction of sp³-hybridized carbons (Fsp3) is 0. The zero-order valence-electron chi connectivity index (χ0n) is 73.9. The predicted octanol–water partition coefficient (Wildman–Crippen LogP) is 32.7. The van der Waals surface area contributed by atoms with Gasteiger partial charge in [-0.2, -0.15) is 0 Å². The molecule has 0 aliphatic rings. The molecule has 0 spiro atoms. The van der Waals surface area contributed by atoms with Crippen LogP contribution in [0.1, 0.15) is 0 Å². The monoisotopic (exact) mass is 1730 g/mol. The van der Waals surface area contributed by atoms with Crippen molar-refractivity contribution in [3.8, 4) is 158 Å². The minimum atomic E-state index is 0.623. The molecule has 0 aliphatic carbocycles. The quantitative estimate of drug-likeness (QED) is 0.0962. The lowest BCUT2D eigenvalue weighted by Crippen LogP contribution is -2.00. The van der Waals surface area contributed by atoms with E-state index in [1.807, 2.05) is 60.7 Å². The van der Waals surface area contributed by atoms with Crippen molar-refractivity contribution < 1.29 is 0 Å². The van der Waals surface area contributed by atoms with Gasteiger partial charge < -0.3 is 18.3 Å². The Labute approximate surface area is 786 Å². The van der Waals surface area contributed by atoms with Gasteiger partial charge in [-0.1, -0.05) is 388 Å². The fourth-order valence-electron chi connectivity index (χ4n) is 20.2. The van der Waals surface area contributed by atoms with E-state index in [-0.39, 0.29) is 0 Å². The summed E-state index contributed by atoms with van der Waals surface area (Å²) in [4.78, 5) is 25.6. The van der Waals surface area contributed by atoms with Crippen LogP contribution in [0.3, 0.4) is 0 Å². The van der Waals surface area contributed by atoms with E-state index in [2.05, 4.69) is 461 Å². The molecule has 6 aromatic heterocycles. The van der Waals surface area contributed by atoms with Crippen molar-refractivity contribution in [1.29, 1.82) is 0 Å². The molecule has 0 radical (unpaired) electrons. The first-order valence-corrected chi connectivity index (χ1v) is 46.2. The molecule has 0 amide bonds. The van der Waals surface area contributed by atoms with Crippen LogP contribution in [0.15, 0.2) is 504 Å². The molecule has 0 saturated heterocycles. The normalized spacial score (nSPS) is 11.5. The molecule has 9 nitrogen and oxygen atoms in total. The van der Waals surface area contributed by atoms with Crippen molar-refractivity contribution in [3.05, 3.63) is 504 Å². The maximum absolute atomic E-state index is 5.22. The van der Waals surface area contributed by atoms with E-state index in [1.54, 1.807) is 0 Å². The fourth-order valence-corrected chi connectivity index (χ4v) is 20.2. The lowest BCUT2D eigenvalue weighted by Gasteiger charge is -2.13. The van der Waals surface area contributed by atoms with Crippen molar-refractivity contribution in [3.63, 3.8) is 0 Å². The summed E-state index contributed by atoms with van der Waals surface area (Å²) >= 11 is 0. The van der Waals surface area contributed by atoms with Crippen LogP contribution in [-0.2, 0) is 0 Å². The van der Waals surface area contributed by atoms with Gasteiger partial charge in [0.05, 0.1) is 55.5 Å². The van der Waals surface area contributed by atoms with Crippen LogP contribution < -0.4 is 0 Å². The third-order valence-corrected chi connectivity index (χ3v) is 26.5. The minimum Gasteiger partial charge on any atom is -0.309 e. The van der Waals surface area contributed by atoms with E-state index in [0.717, 1.165) is 117 Å². The first kappa shape index (κ1) is 79.8. The topological polar surface area (TPSA) is 84.2 Å². The van der Waals surface area contributed by atoms with Crippen LogP contribution in [0.2, 0.25) is 0 Å². The number of nitrogens with zero attached hydrogens (tertiary/aromatic N) is 9. The second-order valence-electron chi connectivity index (χ2n) is 34.6. The third-order valence-electron chi connectivity index (χ3n) is 26.5. The number of hydrogen-bond acceptors (Lipinski definition) is 5. The summed E-state index contributed by atoms with van der Waals surface area (Å²) in [5, 5.41) is 9.80. The Morgan fingerprint density at radius 2 is 0.397 bits per heavy atom. The Bertz CT molecular complexity index is 9040. The molecule has 0 aliphatic heterocycles. The van der Waals surface area contributed by atoms with Gasteiger partial charge in [0.1, 0.15) is 0 Å². The van der Waals surface area contributed by atoms with Gasteiger partial charge >= 0.3 is 0 Å². The van der Waals surface area contributed by atoms with E-state index in [0.29, 0.717) is 23.3 Å². The molecule has 0 fully saturated rings. The van der Waals surface area contributed by atoms with Gasteiger partial charge in [-0.25, -0.2) is 24.9 Å². The highest BCUT2D eigenvalue weighted by molar-refractivity contribution is 6.19. The maximum Gasteiger partial charge on any atom is 0.164 e. The predicted molar refractivity (Wildman–Crippen MR) is 564 cm³/mol. The van der Waals surface area contributed by atoms with Gasteiger partial charge in [-0.3, -0.25) is 0 Å². The van der Waals surface area contributed by atoms with Gasteiger partial charge in [-0.05, 0) is 182 Å². The first-order chi connectivity index (χ1) is 67.4. The number of hydrogen-bond donors (Lipinski definition) is 0. The molecule has 0 unspecified atom stereocenters. The highest BCUT2D eigenvalue weighted by Gasteiger charge is 2.25. The first-order valence-electron chi connectivity index (χ1n) is 46.2. The van der Waals surface area contributed by atoms with Gasteiger partial charge in [-0.15, -0.1) is 0 Å². The second-order valence-corrected chi connectivity index (χ2v) is 34.6. The largest absolute Gasteiger partial charge is 0.309 e. The molecule has 9 heteroatoms. The van der Waals surface area contributed by atoms with Gasteiger partial charge in [0, 0.05) is 99.2 Å². The third kappa shape index (κ3) is 14.4. The highest BCUT2D eigenvalue weighted by atomic mass is 15.0. The van der Waals surface area contributed by atoms with E-state index in [9.17, 15) is 0 Å². The van der Waals surface area contributed by atoms with Crippen molar-refractivity contribution in [2.45, 2.75) is 0 Å². The van der Waals surface area contributed by atoms with Crippen LogP contribution >= 0.6 is 0 Å². The van der Waals surface area contributed by atoms with Crippen LogP contribution in [0.5, 0.6) is 0 Å². The average molecular weight is 1740 g/mol. The Kier molecular flexibility index (Phi) is 20.1. The van der Waals surface area contributed by atoms with E-state index in [1.165, 1.54) is 104 Å². The molecule has 0 bridgehead atoms. The molecule has 636 valence electrons. The Morgan fingerprint density at radius 3 is 0.890 bits per heavy atom. The van der Waals surface area contributed by atoms with Crippen LogP contribution in [0.25, 0.3) is 245 Å². The molecule has 0 N–H and O–H groups in total. The number of para-hydroxylation sites is 6. The van der Waals surface area contributed by atoms with Crippen molar-refractivity contribution in [2.75, 3.05) is 0 Å². The summed E-state index contributed by atoms with van der Waals surface area (Å²) in [6, 6.07) is 179. The van der Waals surface area contributed by atoms with Crippen molar-refractivity contribution >= 4 is 87.2 Å². The Balaban J connectivity index is 0.000000145. The summed E-state index contributed by atoms with van der Waals surface area (Å²) in [6.45, 7) is 0. The van der Waals surface area contributed by atoms with Crippen LogP contribution in [-0.4, -0.2) is 43.2 Å². The molecule has 20 aromatic carbocycles. The molecule has 136 heavy (non-hydrogen) atoms. The van der Waals surface area contributed by atoms with E-state index in [4.69, 9.17) is 24.9 Å². The molecule has 0 saturated carbocycles. The smallest absolute Gasteiger partial charge is 0.164 e. The van der Waals surface area contributed by atoms with Gasteiger partial charge in [0.15, 0.2) is 23.3 Å². The van der Waals surface area contributed by atoms with Crippen LogP contribution in [0.4, 0.5) is 0 Å². The zero-order valence-corrected chi connectivity index (χ0v) is 73.9. The average Bonchev–Trinajstić information content (AvgIpc) is 1.58. The summed E-state index contributed by atoms with van der Waals surface area (Å²) in [5.74, 6) is 2.58. The summed E-state index contributed by atoms with van der Waals surface area (Å²) < 4.78 is 9.59. The minimum absolute atomic E-state index is 0.623. The van der Waals surface area contributed by atoms with Crippen molar-refractivity contribution in [1.82, 2.24) is 43.2 Å². The summed E-state index contributed by atoms with van der Waals surface area (Å²) in [7, 11) is 0. The lowest BCUT2D eigenvalue weighted by atomic mass is 9.96. The lowest BCUT2D eigenvalue weighted by molar-refractivity contribution is 1.07. The zero-order chi connectivity index (χ0) is 89.9. The summed E-state index contributed by atoms with van der Waals surface area (Å²) in [5.41, 5.74) is 35.4. The standard InChI is InChI=1S/C64H42N4.C63H41N5/c1-4-17-43(18-5-1)44-33-35-45(36-34-44)57-42-58(66-64(65-57)46-19-6-2-7-20-46)50-23-14-22-49(39-50)53-29-16-32-61-63(53)56-28-11-13-31-60(56)68(61)52-26-15-21-47(40-52)48-37-38-55-54-27-10-12-30-59(54)67(62(55)41-48)51-24-8-3-9-25-51;1-4-17-42(18-5-1)43-33-35-46(36-34-43)62-64-61(45-19-6-2-7-20-45)65-63(66-62)48-22-14-21-47(41-48)52-28-16-32-58-60(52)54-26-11-13-30-56(54)68(58)50-39-37-44(38-40-50)51-27-15-31-57-59(51)53-25-10-12-29-55(53)67(57)49-23-8-3-9-24-49/h1-42H;1-41H. The SMILES string of the molecule is c1ccc(-c2ccc(-c3cc(-c4cccc(-c5cccc6c5c5ccccc5n6-c5cccc(-c6ccc7c8ccccc8n(-c8ccccc8)c7c6)c5)c4)nc(-c4ccccc4)n3)cc2)cc1.c1ccc(-c2ccc(-c3nc(-c4ccccc4)nc(-c4cccc(-c5cccc6c5c5ccccc5n6-c5ccc(-c6cccc7c6c6ccccc6n7-c6ccccc6)cc5)c4)n3)cc2)cc1. The molecule has 26 rings (SSSR count). The number of aromatic nitrogens is 9. The number of benzene rings is 20. The molecule has 26 aromatic rings. The number of fused-ring (bicyclic) bond motifs is 12. The molecular formula is C127H83N9. The maximum atomic E-state index is 5.22. The Morgan fingerprint density at radius 1 is 0.125 bits per heavy atom. The Hall–Kier alpha value is -18.3. The summed E-state index contributed by atoms with van der Waals surface area (Å²) in [6.07, 6.45) is 0. The van der Waals surface area contributed by atoms with Crippen molar-refractivity contribution in [2.24, 2.45) is 0 Å². The molecule has 6 heterocycles. The second kappa shape index (κ2) is 34.2. The number of rotatable bonds is 16. The van der Waals surface area contributed by atoms with E-state index < -0.39 is 0 Å². The van der Waals surface area contributed by atoms with Gasteiger partial charge in [0.25, 0.3) is 0 Å².